The fraction of sp³-hybridized carbons (Fsp3) is 0.480. The van der Waals surface area contributed by atoms with Crippen LogP contribution in [0, 0.1) is 5.41 Å². The van der Waals surface area contributed by atoms with Crippen molar-refractivity contribution in [3.63, 3.8) is 0 Å². The molecule has 1 unspecified atom stereocenters. The zero-order chi connectivity index (χ0) is 22.6. The zero-order valence-electron chi connectivity index (χ0n) is 18.9. The Balaban J connectivity index is 1.29. The number of likely N-dealkylation sites (N-methyl/N-ethyl adjacent to an activating group) is 1. The third-order valence-corrected chi connectivity index (χ3v) is 6.88. The molecule has 0 saturated carbocycles. The van der Waals surface area contributed by atoms with Gasteiger partial charge in [-0.05, 0) is 61.6 Å². The summed E-state index contributed by atoms with van der Waals surface area (Å²) in [5, 5.41) is 3.04. The Morgan fingerprint density at radius 3 is 2.72 bits per heavy atom. The van der Waals surface area contributed by atoms with Gasteiger partial charge in [-0.3, -0.25) is 19.5 Å². The van der Waals surface area contributed by atoms with Crippen molar-refractivity contribution in [1.82, 2.24) is 20.1 Å². The van der Waals surface area contributed by atoms with Crippen LogP contribution in [0.5, 0.6) is 5.75 Å². The highest BCUT2D eigenvalue weighted by molar-refractivity contribution is 5.82. The summed E-state index contributed by atoms with van der Waals surface area (Å²) in [4.78, 5) is 34.1. The molecule has 4 rings (SSSR count). The van der Waals surface area contributed by atoms with Gasteiger partial charge in [0.25, 0.3) is 0 Å². The minimum absolute atomic E-state index is 0.0616. The largest absolute Gasteiger partial charge is 0.497 e. The molecule has 2 fully saturated rings. The maximum absolute atomic E-state index is 12.8. The summed E-state index contributed by atoms with van der Waals surface area (Å²) in [6.07, 6.45) is 4.84. The Labute approximate surface area is 189 Å². The van der Waals surface area contributed by atoms with Gasteiger partial charge in [-0.2, -0.15) is 0 Å². The average Bonchev–Trinajstić information content (AvgIpc) is 3.14. The molecule has 32 heavy (non-hydrogen) atoms. The van der Waals surface area contributed by atoms with Gasteiger partial charge in [-0.15, -0.1) is 0 Å². The molecular formula is C25H32N4O3. The minimum Gasteiger partial charge on any atom is -0.497 e. The Bertz CT molecular complexity index is 941. The van der Waals surface area contributed by atoms with Crippen LogP contribution in [0.4, 0.5) is 0 Å². The number of piperidine rings is 1. The molecule has 7 nitrogen and oxygen atoms in total. The molecule has 1 aromatic heterocycles. The Kier molecular flexibility index (Phi) is 6.74. The quantitative estimate of drug-likeness (QED) is 0.752. The lowest BCUT2D eigenvalue weighted by molar-refractivity contribution is -0.133. The second-order valence-electron chi connectivity index (χ2n) is 9.08. The summed E-state index contributed by atoms with van der Waals surface area (Å²) in [6.45, 7) is 2.84. The van der Waals surface area contributed by atoms with E-state index in [-0.39, 0.29) is 23.3 Å². The van der Waals surface area contributed by atoms with Crippen molar-refractivity contribution in [3.05, 3.63) is 59.9 Å². The molecule has 170 valence electrons. The molecule has 3 heterocycles. The van der Waals surface area contributed by atoms with Crippen molar-refractivity contribution in [2.75, 3.05) is 33.8 Å². The SMILES string of the molecule is COc1cccc(CC(=O)N2CCC3(CC2)CC(C(=O)NCc2ccccn2)N(C)C3)c1. The molecule has 2 aliphatic heterocycles. The van der Waals surface area contributed by atoms with E-state index in [2.05, 4.69) is 15.2 Å². The van der Waals surface area contributed by atoms with Crippen LogP contribution in [-0.2, 0) is 22.6 Å². The van der Waals surface area contributed by atoms with Gasteiger partial charge in [-0.25, -0.2) is 0 Å². The molecule has 1 N–H and O–H groups in total. The third kappa shape index (κ3) is 5.10. The number of aromatic nitrogens is 1. The van der Waals surface area contributed by atoms with Gasteiger partial charge in [0, 0.05) is 25.8 Å². The van der Waals surface area contributed by atoms with E-state index in [1.165, 1.54) is 0 Å². The second-order valence-corrected chi connectivity index (χ2v) is 9.08. The van der Waals surface area contributed by atoms with Gasteiger partial charge in [-0.1, -0.05) is 18.2 Å². The number of ether oxygens (including phenoxy) is 1. The molecule has 1 atom stereocenters. The van der Waals surface area contributed by atoms with Gasteiger partial charge in [0.15, 0.2) is 0 Å². The summed E-state index contributed by atoms with van der Waals surface area (Å²) < 4.78 is 5.26. The van der Waals surface area contributed by atoms with E-state index in [9.17, 15) is 9.59 Å². The third-order valence-electron chi connectivity index (χ3n) is 6.88. The number of pyridine rings is 1. The van der Waals surface area contributed by atoms with E-state index in [0.29, 0.717) is 13.0 Å². The summed E-state index contributed by atoms with van der Waals surface area (Å²) in [5.74, 6) is 0.991. The van der Waals surface area contributed by atoms with Gasteiger partial charge in [0.2, 0.25) is 11.8 Å². The lowest BCUT2D eigenvalue weighted by Crippen LogP contribution is -2.44. The van der Waals surface area contributed by atoms with E-state index < -0.39 is 0 Å². The van der Waals surface area contributed by atoms with Crippen LogP contribution in [0.25, 0.3) is 0 Å². The Morgan fingerprint density at radius 1 is 1.19 bits per heavy atom. The molecule has 1 aromatic carbocycles. The summed E-state index contributed by atoms with van der Waals surface area (Å²) in [5.41, 5.74) is 1.94. The fourth-order valence-corrected chi connectivity index (χ4v) is 5.02. The van der Waals surface area contributed by atoms with E-state index in [1.807, 2.05) is 54.4 Å². The summed E-state index contributed by atoms with van der Waals surface area (Å²) in [6, 6.07) is 13.3. The first-order valence-electron chi connectivity index (χ1n) is 11.3. The van der Waals surface area contributed by atoms with Crippen molar-refractivity contribution >= 4 is 11.8 Å². The number of nitrogens with zero attached hydrogens (tertiary/aromatic N) is 3. The lowest BCUT2D eigenvalue weighted by Gasteiger charge is -2.39. The standard InChI is InChI=1S/C25H32N4O3/c1-28-18-25(16-22(28)24(31)27-17-20-7-3-4-11-26-20)9-12-29(13-10-25)23(30)15-19-6-5-8-21(14-19)32-2/h3-8,11,14,22H,9-10,12-13,15-18H2,1-2H3,(H,27,31). The highest BCUT2D eigenvalue weighted by Gasteiger charge is 2.46. The number of methoxy groups -OCH3 is 1. The van der Waals surface area contributed by atoms with Crippen LogP contribution in [-0.4, -0.2) is 66.4 Å². The monoisotopic (exact) mass is 436 g/mol. The predicted octanol–water partition coefficient (Wildman–Crippen LogP) is 2.26. The van der Waals surface area contributed by atoms with Crippen molar-refractivity contribution in [3.8, 4) is 5.75 Å². The first-order chi connectivity index (χ1) is 15.5. The van der Waals surface area contributed by atoms with E-state index in [1.54, 1.807) is 13.3 Å². The Hall–Kier alpha value is -2.93. The van der Waals surface area contributed by atoms with Crippen molar-refractivity contribution in [2.24, 2.45) is 5.41 Å². The average molecular weight is 437 g/mol. The number of carbonyl (C=O) groups excluding carboxylic acids is 2. The van der Waals surface area contributed by atoms with Crippen LogP contribution >= 0.6 is 0 Å². The summed E-state index contributed by atoms with van der Waals surface area (Å²) >= 11 is 0. The maximum atomic E-state index is 12.8. The maximum Gasteiger partial charge on any atom is 0.237 e. The number of carbonyl (C=O) groups is 2. The van der Waals surface area contributed by atoms with Crippen LogP contribution in [0.3, 0.4) is 0 Å². The highest BCUT2D eigenvalue weighted by atomic mass is 16.5. The normalized spacial score (nSPS) is 20.3. The first kappa shape index (κ1) is 22.3. The molecule has 0 aliphatic carbocycles. The molecular weight excluding hydrogens is 404 g/mol. The highest BCUT2D eigenvalue weighted by Crippen LogP contribution is 2.43. The molecule has 2 saturated heterocycles. The summed E-state index contributed by atoms with van der Waals surface area (Å²) in [7, 11) is 3.66. The zero-order valence-corrected chi connectivity index (χ0v) is 18.9. The van der Waals surface area contributed by atoms with E-state index >= 15 is 0 Å². The number of hydrogen-bond acceptors (Lipinski definition) is 5. The van der Waals surface area contributed by atoms with E-state index in [0.717, 1.165) is 55.9 Å². The number of benzene rings is 1. The fourth-order valence-electron chi connectivity index (χ4n) is 5.02. The number of rotatable bonds is 6. The second kappa shape index (κ2) is 9.69. The molecule has 0 radical (unpaired) electrons. The first-order valence-corrected chi connectivity index (χ1v) is 11.3. The Morgan fingerprint density at radius 2 is 2.00 bits per heavy atom. The molecule has 2 aromatic rings. The molecule has 0 bridgehead atoms. The van der Waals surface area contributed by atoms with Crippen molar-refractivity contribution in [1.29, 1.82) is 0 Å². The predicted molar refractivity (Wildman–Crippen MR) is 122 cm³/mol. The van der Waals surface area contributed by atoms with Gasteiger partial charge < -0.3 is 15.0 Å². The number of likely N-dealkylation sites (tertiary alicyclic amines) is 2. The molecule has 2 aliphatic rings. The van der Waals surface area contributed by atoms with E-state index in [4.69, 9.17) is 4.74 Å². The topological polar surface area (TPSA) is 74.8 Å². The smallest absolute Gasteiger partial charge is 0.237 e. The van der Waals surface area contributed by atoms with Crippen LogP contribution in [0.15, 0.2) is 48.7 Å². The lowest BCUT2D eigenvalue weighted by atomic mass is 9.76. The van der Waals surface area contributed by atoms with Crippen molar-refractivity contribution < 1.29 is 14.3 Å². The minimum atomic E-state index is -0.127. The van der Waals surface area contributed by atoms with Gasteiger partial charge in [0.1, 0.15) is 5.75 Å². The molecule has 1 spiro atoms. The van der Waals surface area contributed by atoms with Crippen LogP contribution < -0.4 is 10.1 Å². The molecule has 2 amide bonds. The molecule has 7 heteroatoms. The number of hydrogen-bond donors (Lipinski definition) is 1. The van der Waals surface area contributed by atoms with Gasteiger partial charge >= 0.3 is 0 Å². The number of nitrogens with one attached hydrogen (secondary N) is 1. The van der Waals surface area contributed by atoms with Crippen molar-refractivity contribution in [2.45, 2.75) is 38.3 Å². The van der Waals surface area contributed by atoms with Gasteiger partial charge in [0.05, 0.1) is 31.8 Å². The van der Waals surface area contributed by atoms with Crippen LogP contribution in [0.2, 0.25) is 0 Å². The van der Waals surface area contributed by atoms with Crippen LogP contribution in [0.1, 0.15) is 30.5 Å². The number of amides is 2.